The summed E-state index contributed by atoms with van der Waals surface area (Å²) in [4.78, 5) is 37.2. The number of benzene rings is 2. The maximum atomic E-state index is 12.7. The number of rotatable bonds is 6. The summed E-state index contributed by atoms with van der Waals surface area (Å²) in [5.41, 5.74) is 10.1. The molecule has 0 radical (unpaired) electrons. The van der Waals surface area contributed by atoms with Crippen molar-refractivity contribution >= 4 is 29.1 Å². The molecule has 0 saturated carbocycles. The third-order valence-corrected chi connectivity index (χ3v) is 6.26. The lowest BCUT2D eigenvalue weighted by atomic mass is 9.91. The number of fused-ring (bicyclic) bond motifs is 3. The van der Waals surface area contributed by atoms with Crippen molar-refractivity contribution < 1.29 is 14.4 Å². The summed E-state index contributed by atoms with van der Waals surface area (Å²) in [5, 5.41) is 5.39. The lowest BCUT2D eigenvalue weighted by Gasteiger charge is -2.15. The van der Waals surface area contributed by atoms with Crippen LogP contribution < -0.4 is 16.4 Å². The molecule has 4 N–H and O–H groups in total. The maximum absolute atomic E-state index is 12.7. The minimum absolute atomic E-state index is 0.102. The van der Waals surface area contributed by atoms with E-state index in [0.29, 0.717) is 17.0 Å². The Morgan fingerprint density at radius 1 is 0.900 bits per heavy atom. The van der Waals surface area contributed by atoms with Gasteiger partial charge in [0.15, 0.2) is 0 Å². The molecule has 0 unspecified atom stereocenters. The monoisotopic (exact) mass is 419 g/mol. The summed E-state index contributed by atoms with van der Waals surface area (Å²) in [6, 6.07) is 17.2. The van der Waals surface area contributed by atoms with Gasteiger partial charge in [-0.3, -0.25) is 14.4 Å². The molecule has 3 aromatic rings. The fraction of sp³-hybridized carbons (Fsp3) is 0.174. The number of thiophene rings is 1. The first-order valence-corrected chi connectivity index (χ1v) is 10.5. The van der Waals surface area contributed by atoms with Crippen LogP contribution in [0.1, 0.15) is 36.7 Å². The molecule has 4 rings (SSSR count). The van der Waals surface area contributed by atoms with Crippen molar-refractivity contribution in [3.05, 3.63) is 81.7 Å². The summed E-state index contributed by atoms with van der Waals surface area (Å²) < 4.78 is 0. The topological polar surface area (TPSA) is 101 Å². The molecule has 1 heterocycles. The molecule has 0 fully saturated rings. The molecule has 0 bridgehead atoms. The first-order chi connectivity index (χ1) is 14.5. The lowest BCUT2D eigenvalue weighted by molar-refractivity contribution is -0.117. The van der Waals surface area contributed by atoms with Crippen LogP contribution >= 0.6 is 11.3 Å². The van der Waals surface area contributed by atoms with Gasteiger partial charge in [0.2, 0.25) is 5.91 Å². The minimum Gasteiger partial charge on any atom is -0.368 e. The highest BCUT2D eigenvalue weighted by molar-refractivity contribution is 7.17. The van der Waals surface area contributed by atoms with E-state index in [1.54, 1.807) is 24.3 Å². The number of hydrogen-bond acceptors (Lipinski definition) is 4. The van der Waals surface area contributed by atoms with E-state index in [-0.39, 0.29) is 18.4 Å². The zero-order chi connectivity index (χ0) is 21.1. The van der Waals surface area contributed by atoms with Crippen LogP contribution in [0.25, 0.3) is 10.4 Å². The van der Waals surface area contributed by atoms with Crippen LogP contribution in [0.3, 0.4) is 0 Å². The average molecular weight is 420 g/mol. The molecule has 3 amide bonds. The highest BCUT2D eigenvalue weighted by Crippen LogP contribution is 2.39. The van der Waals surface area contributed by atoms with Crippen LogP contribution in [0.5, 0.6) is 0 Å². The van der Waals surface area contributed by atoms with Crippen molar-refractivity contribution in [2.75, 3.05) is 6.54 Å². The predicted molar refractivity (Wildman–Crippen MR) is 116 cm³/mol. The predicted octanol–water partition coefficient (Wildman–Crippen LogP) is 2.66. The molecule has 0 aliphatic heterocycles. The van der Waals surface area contributed by atoms with Gasteiger partial charge in [-0.25, -0.2) is 0 Å². The number of nitrogens with two attached hydrogens (primary N) is 1. The Morgan fingerprint density at radius 3 is 2.40 bits per heavy atom. The van der Waals surface area contributed by atoms with E-state index in [9.17, 15) is 14.4 Å². The second kappa shape index (κ2) is 8.51. The van der Waals surface area contributed by atoms with Crippen molar-refractivity contribution in [1.82, 2.24) is 10.6 Å². The molecule has 0 saturated heterocycles. The van der Waals surface area contributed by atoms with Crippen LogP contribution in [0.2, 0.25) is 0 Å². The normalized spacial score (nSPS) is 11.9. The Labute approximate surface area is 178 Å². The Balaban J connectivity index is 1.38. The number of carbonyl (C=O) groups excluding carboxylic acids is 3. The fourth-order valence-electron chi connectivity index (χ4n) is 3.50. The molecule has 1 aromatic heterocycles. The molecule has 2 aromatic carbocycles. The van der Waals surface area contributed by atoms with E-state index < -0.39 is 5.91 Å². The van der Waals surface area contributed by atoms with E-state index in [4.69, 9.17) is 5.73 Å². The molecule has 0 atom stereocenters. The molecule has 30 heavy (non-hydrogen) atoms. The second-order valence-electron chi connectivity index (χ2n) is 7.15. The molecular weight excluding hydrogens is 398 g/mol. The van der Waals surface area contributed by atoms with Crippen LogP contribution in [0.15, 0.2) is 54.6 Å². The Hall–Kier alpha value is -3.45. The van der Waals surface area contributed by atoms with Gasteiger partial charge in [-0.15, -0.1) is 11.3 Å². The van der Waals surface area contributed by atoms with Crippen molar-refractivity contribution in [1.29, 1.82) is 0 Å². The number of nitrogens with one attached hydrogen (secondary N) is 2. The number of amides is 3. The smallest absolute Gasteiger partial charge is 0.261 e. The van der Waals surface area contributed by atoms with Gasteiger partial charge >= 0.3 is 0 Å². The summed E-state index contributed by atoms with van der Waals surface area (Å²) in [7, 11) is 0. The second-order valence-corrected chi connectivity index (χ2v) is 8.20. The van der Waals surface area contributed by atoms with Crippen molar-refractivity contribution in [3.63, 3.8) is 0 Å². The number of primary amides is 1. The maximum Gasteiger partial charge on any atom is 0.261 e. The molecule has 6 nitrogen and oxygen atoms in total. The number of carbonyl (C=O) groups is 3. The van der Waals surface area contributed by atoms with Crippen molar-refractivity contribution in [2.24, 2.45) is 5.73 Å². The van der Waals surface area contributed by atoms with Gasteiger partial charge in [-0.2, -0.15) is 0 Å². The quantitative estimate of drug-likeness (QED) is 0.572. The summed E-state index contributed by atoms with van der Waals surface area (Å²) >= 11 is 1.53. The lowest BCUT2D eigenvalue weighted by Crippen LogP contribution is -2.33. The zero-order valence-electron chi connectivity index (χ0n) is 16.2. The fourth-order valence-corrected chi connectivity index (χ4v) is 4.68. The highest BCUT2D eigenvalue weighted by atomic mass is 32.1. The molecule has 7 heteroatoms. The van der Waals surface area contributed by atoms with E-state index in [2.05, 4.69) is 28.8 Å². The molecular formula is C23H21N3O3S. The first-order valence-electron chi connectivity index (χ1n) is 9.66. The van der Waals surface area contributed by atoms with E-state index >= 15 is 0 Å². The summed E-state index contributed by atoms with van der Waals surface area (Å²) in [6.07, 6.45) is 1.95. The zero-order valence-corrected chi connectivity index (χ0v) is 17.1. The number of hydrogen-bond donors (Lipinski definition) is 3. The van der Waals surface area contributed by atoms with Gasteiger partial charge in [0.05, 0.1) is 11.4 Å². The standard InChI is InChI=1S/C23H21N3O3S/c24-20(27)13-26-22(28)16-7-5-14(6-8-16)12-25-23(29)19-11-17-10-9-15-3-1-2-4-18(15)21(17)30-19/h1-8,11H,9-10,12-13H2,(H2,24,27)(H,25,29)(H,26,28). The van der Waals surface area contributed by atoms with E-state index in [1.165, 1.54) is 32.9 Å². The van der Waals surface area contributed by atoms with Gasteiger partial charge in [0.1, 0.15) is 0 Å². The summed E-state index contributed by atoms with van der Waals surface area (Å²) in [6.45, 7) is 0.160. The Bertz CT molecular complexity index is 1120. The largest absolute Gasteiger partial charge is 0.368 e. The Morgan fingerprint density at radius 2 is 1.63 bits per heavy atom. The van der Waals surface area contributed by atoms with Gasteiger partial charge < -0.3 is 16.4 Å². The minimum atomic E-state index is -0.596. The van der Waals surface area contributed by atoms with Gasteiger partial charge in [0, 0.05) is 17.0 Å². The van der Waals surface area contributed by atoms with Crippen molar-refractivity contribution in [3.8, 4) is 10.4 Å². The van der Waals surface area contributed by atoms with E-state index in [0.717, 1.165) is 18.4 Å². The van der Waals surface area contributed by atoms with Gasteiger partial charge in [-0.05, 0) is 53.3 Å². The average Bonchev–Trinajstić information content (AvgIpc) is 3.21. The molecule has 0 spiro atoms. The van der Waals surface area contributed by atoms with Crippen LogP contribution in [0.4, 0.5) is 0 Å². The van der Waals surface area contributed by atoms with Gasteiger partial charge in [-0.1, -0.05) is 36.4 Å². The summed E-state index contributed by atoms with van der Waals surface area (Å²) in [5.74, 6) is -1.06. The highest BCUT2D eigenvalue weighted by Gasteiger charge is 2.21. The van der Waals surface area contributed by atoms with Gasteiger partial charge in [0.25, 0.3) is 11.8 Å². The first kappa shape index (κ1) is 19.8. The molecule has 1 aliphatic carbocycles. The van der Waals surface area contributed by atoms with Crippen LogP contribution in [-0.4, -0.2) is 24.3 Å². The number of aryl methyl sites for hydroxylation is 2. The SMILES string of the molecule is NC(=O)CNC(=O)c1ccc(CNC(=O)c2cc3c(s2)-c2ccccc2CC3)cc1. The van der Waals surface area contributed by atoms with Crippen molar-refractivity contribution in [2.45, 2.75) is 19.4 Å². The molecule has 1 aliphatic rings. The Kier molecular flexibility index (Phi) is 5.63. The molecule has 152 valence electrons. The van der Waals surface area contributed by atoms with E-state index in [1.807, 2.05) is 12.1 Å². The van der Waals surface area contributed by atoms with Crippen LogP contribution in [0, 0.1) is 0 Å². The third kappa shape index (κ3) is 4.26. The van der Waals surface area contributed by atoms with Crippen LogP contribution in [-0.2, 0) is 24.2 Å². The third-order valence-electron chi connectivity index (χ3n) is 5.05.